The molecule has 3 fully saturated rings. The SMILES string of the molecule is O=C1NC2CSC(CCCCC([O-])=NCCCCC(=O)ON3C(=O)CC(S(=O)(=O)O)C3=O)C2N1. The molecule has 34 heavy (non-hydrogen) atoms. The summed E-state index contributed by atoms with van der Waals surface area (Å²) in [6.07, 6.45) is 2.54. The Balaban J connectivity index is 1.25. The number of unbranched alkanes of at least 4 members (excludes halogenated alkanes) is 2. The van der Waals surface area contributed by atoms with Gasteiger partial charge >= 0.3 is 12.0 Å². The Morgan fingerprint density at radius 1 is 1.18 bits per heavy atom. The van der Waals surface area contributed by atoms with Crippen LogP contribution in [0.25, 0.3) is 0 Å². The van der Waals surface area contributed by atoms with Gasteiger partial charge < -0.3 is 25.6 Å². The second-order valence-electron chi connectivity index (χ2n) is 8.30. The van der Waals surface area contributed by atoms with Gasteiger partial charge in [-0.05, 0) is 38.0 Å². The summed E-state index contributed by atoms with van der Waals surface area (Å²) < 4.78 is 31.1. The molecule has 3 rings (SSSR count). The van der Waals surface area contributed by atoms with Crippen LogP contribution in [0, 0.1) is 0 Å². The summed E-state index contributed by atoms with van der Waals surface area (Å²) >= 11 is 1.83. The maximum absolute atomic E-state index is 11.9. The molecule has 15 heteroatoms. The number of imide groups is 1. The van der Waals surface area contributed by atoms with Crippen molar-refractivity contribution in [3.05, 3.63) is 0 Å². The Kier molecular flexibility index (Phi) is 8.76. The van der Waals surface area contributed by atoms with Crippen LogP contribution in [0.15, 0.2) is 4.99 Å². The number of carbonyl (C=O) groups is 4. The van der Waals surface area contributed by atoms with Crippen LogP contribution < -0.4 is 15.7 Å². The molecule has 190 valence electrons. The third kappa shape index (κ3) is 6.82. The van der Waals surface area contributed by atoms with Gasteiger partial charge in [0.2, 0.25) is 0 Å². The molecule has 4 unspecified atom stereocenters. The van der Waals surface area contributed by atoms with Crippen LogP contribution in [-0.2, 0) is 29.3 Å². The minimum Gasteiger partial charge on any atom is -0.862 e. The molecule has 4 atom stereocenters. The lowest BCUT2D eigenvalue weighted by atomic mass is 10.0. The number of carbonyl (C=O) groups excluding carboxylic acids is 4. The molecule has 0 aromatic carbocycles. The van der Waals surface area contributed by atoms with E-state index in [1.54, 1.807) is 0 Å². The highest BCUT2D eigenvalue weighted by molar-refractivity contribution is 8.00. The molecule has 3 aliphatic heterocycles. The minimum absolute atomic E-state index is 0.0655. The van der Waals surface area contributed by atoms with Crippen molar-refractivity contribution >= 4 is 51.6 Å². The van der Waals surface area contributed by atoms with Gasteiger partial charge in [-0.3, -0.25) is 14.1 Å². The number of thioether (sulfide) groups is 1. The zero-order chi connectivity index (χ0) is 24.9. The van der Waals surface area contributed by atoms with Crippen molar-refractivity contribution in [3.63, 3.8) is 0 Å². The first-order chi connectivity index (χ1) is 16.1. The lowest BCUT2D eigenvalue weighted by Gasteiger charge is -2.17. The number of nitrogens with zero attached hydrogens (tertiary/aromatic N) is 2. The molecule has 0 saturated carbocycles. The number of urea groups is 1. The van der Waals surface area contributed by atoms with E-state index in [0.717, 1.165) is 18.6 Å². The number of rotatable bonds is 12. The number of aliphatic imine (C=N–C) groups is 1. The number of hydrogen-bond acceptors (Lipinski definition) is 10. The van der Waals surface area contributed by atoms with Crippen LogP contribution in [0.2, 0.25) is 0 Å². The molecule has 0 bridgehead atoms. The molecule has 0 aromatic heterocycles. The fraction of sp³-hybridized carbons (Fsp3) is 0.737. The number of fused-ring (bicyclic) bond motifs is 1. The molecule has 0 spiro atoms. The van der Waals surface area contributed by atoms with E-state index in [4.69, 9.17) is 4.55 Å². The molecule has 0 aromatic rings. The van der Waals surface area contributed by atoms with Crippen molar-refractivity contribution in [2.75, 3.05) is 12.3 Å². The van der Waals surface area contributed by atoms with Gasteiger partial charge in [0, 0.05) is 24.0 Å². The normalized spacial score (nSPS) is 27.0. The zero-order valence-corrected chi connectivity index (χ0v) is 19.9. The molecule has 3 N–H and O–H groups in total. The highest BCUT2D eigenvalue weighted by atomic mass is 32.2. The number of hydroxylamine groups is 2. The number of amides is 4. The Morgan fingerprint density at radius 3 is 2.62 bits per heavy atom. The molecule has 3 heterocycles. The van der Waals surface area contributed by atoms with Crippen molar-refractivity contribution in [3.8, 4) is 0 Å². The average molecular weight is 520 g/mol. The van der Waals surface area contributed by atoms with Gasteiger partial charge in [0.15, 0.2) is 5.25 Å². The second-order valence-corrected chi connectivity index (χ2v) is 11.2. The third-order valence-electron chi connectivity index (χ3n) is 5.76. The second kappa shape index (κ2) is 11.4. The number of hydrogen-bond donors (Lipinski definition) is 3. The van der Waals surface area contributed by atoms with E-state index in [9.17, 15) is 32.7 Å². The first-order valence-corrected chi connectivity index (χ1v) is 13.5. The molecule has 3 aliphatic rings. The Morgan fingerprint density at radius 2 is 1.91 bits per heavy atom. The van der Waals surface area contributed by atoms with Gasteiger partial charge in [-0.2, -0.15) is 20.2 Å². The van der Waals surface area contributed by atoms with Crippen molar-refractivity contribution in [1.82, 2.24) is 15.7 Å². The maximum atomic E-state index is 11.9. The smallest absolute Gasteiger partial charge is 0.333 e. The van der Waals surface area contributed by atoms with Gasteiger partial charge in [-0.15, -0.1) is 5.06 Å². The quantitative estimate of drug-likeness (QED) is 0.0727. The van der Waals surface area contributed by atoms with E-state index in [-0.39, 0.29) is 48.5 Å². The predicted molar refractivity (Wildman–Crippen MR) is 118 cm³/mol. The van der Waals surface area contributed by atoms with Gasteiger partial charge in [0.25, 0.3) is 21.9 Å². The number of nitrogens with one attached hydrogen (secondary N) is 2. The van der Waals surface area contributed by atoms with Crippen molar-refractivity contribution in [2.24, 2.45) is 4.99 Å². The van der Waals surface area contributed by atoms with Crippen LogP contribution >= 0.6 is 11.8 Å². The highest BCUT2D eigenvalue weighted by Gasteiger charge is 2.48. The molecule has 0 aliphatic carbocycles. The average Bonchev–Trinajstić information content (AvgIpc) is 3.39. The molecule has 13 nitrogen and oxygen atoms in total. The minimum atomic E-state index is -4.77. The van der Waals surface area contributed by atoms with Crippen molar-refractivity contribution in [1.29, 1.82) is 0 Å². The summed E-state index contributed by atoms with van der Waals surface area (Å²) in [5.74, 6) is -2.58. The lowest BCUT2D eigenvalue weighted by Crippen LogP contribution is -2.36. The Labute approximate surface area is 200 Å². The largest absolute Gasteiger partial charge is 0.862 e. The molecule has 4 amide bonds. The molecule has 0 radical (unpaired) electrons. The third-order valence-corrected chi connectivity index (χ3v) is 8.36. The molecular formula is C19H27N4O9S2-. The van der Waals surface area contributed by atoms with Gasteiger partial charge in [0.1, 0.15) is 0 Å². The molecular weight excluding hydrogens is 492 g/mol. The predicted octanol–water partition coefficient (Wildman–Crippen LogP) is -0.885. The van der Waals surface area contributed by atoms with Crippen LogP contribution in [0.3, 0.4) is 0 Å². The van der Waals surface area contributed by atoms with E-state index >= 15 is 0 Å². The Hall–Kier alpha value is -2.39. The van der Waals surface area contributed by atoms with Gasteiger partial charge in [-0.1, -0.05) is 6.42 Å². The van der Waals surface area contributed by atoms with Crippen LogP contribution in [0.4, 0.5) is 4.79 Å². The van der Waals surface area contributed by atoms with Crippen molar-refractivity contribution < 1.29 is 42.1 Å². The van der Waals surface area contributed by atoms with E-state index in [2.05, 4.69) is 20.5 Å². The topological polar surface area (TPSA) is 195 Å². The van der Waals surface area contributed by atoms with Crippen molar-refractivity contribution in [2.45, 2.75) is 74.0 Å². The first kappa shape index (κ1) is 26.2. The fourth-order valence-corrected chi connectivity index (χ4v) is 6.23. The Bertz CT molecular complexity index is 955. The van der Waals surface area contributed by atoms with Crippen LogP contribution in [-0.4, -0.2) is 82.6 Å². The summed E-state index contributed by atoms with van der Waals surface area (Å²) in [4.78, 5) is 55.2. The van der Waals surface area contributed by atoms with E-state index in [1.165, 1.54) is 0 Å². The first-order valence-electron chi connectivity index (χ1n) is 11.0. The van der Waals surface area contributed by atoms with Crippen LogP contribution in [0.1, 0.15) is 51.4 Å². The summed E-state index contributed by atoms with van der Waals surface area (Å²) in [7, 11) is -4.77. The summed E-state index contributed by atoms with van der Waals surface area (Å²) in [6, 6.07) is 0.211. The van der Waals surface area contributed by atoms with Gasteiger partial charge in [0.05, 0.1) is 18.5 Å². The molecule has 3 saturated heterocycles. The van der Waals surface area contributed by atoms with E-state index in [1.807, 2.05) is 11.8 Å². The lowest BCUT2D eigenvalue weighted by molar-refractivity contribution is -0.219. The fourth-order valence-electron chi connectivity index (χ4n) is 3.99. The summed E-state index contributed by atoms with van der Waals surface area (Å²) in [6.45, 7) is 0.221. The van der Waals surface area contributed by atoms with E-state index in [0.29, 0.717) is 24.5 Å². The monoisotopic (exact) mass is 519 g/mol. The standard InChI is InChI=1S/C19H28N4O9S2/c24-14(6-2-1-5-12-17-11(10-33-12)21-19(28)22-17)20-8-4-3-7-16(26)32-23-15(25)9-13(18(23)27)34(29,30)31/h11-13,17H,1-10H2,(H,20,24)(H2,21,22,28)(H,29,30,31)/p-1. The summed E-state index contributed by atoms with van der Waals surface area (Å²) in [5.41, 5.74) is 0. The highest BCUT2D eigenvalue weighted by Crippen LogP contribution is 2.33. The summed E-state index contributed by atoms with van der Waals surface area (Å²) in [5, 5.41) is 16.2. The van der Waals surface area contributed by atoms with Gasteiger partial charge in [-0.25, -0.2) is 9.59 Å². The van der Waals surface area contributed by atoms with E-state index < -0.39 is 39.6 Å². The van der Waals surface area contributed by atoms with Crippen LogP contribution in [0.5, 0.6) is 0 Å². The maximum Gasteiger partial charge on any atom is 0.333 e. The zero-order valence-electron chi connectivity index (χ0n) is 18.3.